The Morgan fingerprint density at radius 1 is 1.28 bits per heavy atom. The SMILES string of the molecule is Nc1nnc(C(=O)N2CCCN3CCCC3C2)s1. The fourth-order valence-corrected chi connectivity index (χ4v) is 3.43. The largest absolute Gasteiger partial charge is 0.374 e. The second kappa shape index (κ2) is 4.81. The fraction of sp³-hybridized carbons (Fsp3) is 0.727. The molecule has 2 aliphatic rings. The van der Waals surface area contributed by atoms with Gasteiger partial charge in [0.25, 0.3) is 5.91 Å². The molecule has 3 heterocycles. The summed E-state index contributed by atoms with van der Waals surface area (Å²) in [6.45, 7) is 3.91. The Kier molecular flexibility index (Phi) is 3.17. The second-order valence-electron chi connectivity index (χ2n) is 4.88. The van der Waals surface area contributed by atoms with Gasteiger partial charge in [0.15, 0.2) is 0 Å². The summed E-state index contributed by atoms with van der Waals surface area (Å²) in [5.41, 5.74) is 5.53. The molecule has 0 radical (unpaired) electrons. The van der Waals surface area contributed by atoms with Crippen molar-refractivity contribution in [2.75, 3.05) is 31.9 Å². The number of fused-ring (bicyclic) bond motifs is 1. The number of nitrogen functional groups attached to an aromatic ring is 1. The van der Waals surface area contributed by atoms with E-state index in [4.69, 9.17) is 5.73 Å². The van der Waals surface area contributed by atoms with Crippen LogP contribution in [0.4, 0.5) is 5.13 Å². The predicted molar refractivity (Wildman–Crippen MR) is 69.4 cm³/mol. The maximum atomic E-state index is 12.3. The van der Waals surface area contributed by atoms with E-state index < -0.39 is 0 Å². The van der Waals surface area contributed by atoms with Gasteiger partial charge in [0, 0.05) is 25.7 Å². The van der Waals surface area contributed by atoms with Crippen molar-refractivity contribution in [2.24, 2.45) is 0 Å². The number of rotatable bonds is 1. The van der Waals surface area contributed by atoms with E-state index in [1.54, 1.807) is 0 Å². The van der Waals surface area contributed by atoms with E-state index in [2.05, 4.69) is 15.1 Å². The Balaban J connectivity index is 1.73. The molecule has 2 N–H and O–H groups in total. The first kappa shape index (κ1) is 11.9. The number of carbonyl (C=O) groups is 1. The van der Waals surface area contributed by atoms with Gasteiger partial charge in [0.2, 0.25) is 10.1 Å². The number of hydrogen-bond donors (Lipinski definition) is 1. The lowest BCUT2D eigenvalue weighted by Crippen LogP contribution is -2.39. The van der Waals surface area contributed by atoms with Gasteiger partial charge in [0.1, 0.15) is 0 Å². The van der Waals surface area contributed by atoms with Crippen LogP contribution in [0.1, 0.15) is 29.1 Å². The van der Waals surface area contributed by atoms with Crippen molar-refractivity contribution in [2.45, 2.75) is 25.3 Å². The van der Waals surface area contributed by atoms with Gasteiger partial charge in [-0.05, 0) is 25.8 Å². The van der Waals surface area contributed by atoms with Crippen LogP contribution in [0.2, 0.25) is 0 Å². The highest BCUT2D eigenvalue weighted by molar-refractivity contribution is 7.16. The molecule has 3 rings (SSSR count). The van der Waals surface area contributed by atoms with Crippen molar-refractivity contribution in [3.05, 3.63) is 5.01 Å². The quantitative estimate of drug-likeness (QED) is 0.798. The zero-order valence-electron chi connectivity index (χ0n) is 10.2. The molecule has 1 unspecified atom stereocenters. The third-order valence-corrected chi connectivity index (χ3v) is 4.45. The lowest BCUT2D eigenvalue weighted by molar-refractivity contribution is 0.0742. The maximum absolute atomic E-state index is 12.3. The Bertz CT molecular complexity index is 448. The van der Waals surface area contributed by atoms with E-state index in [0.717, 1.165) is 26.1 Å². The van der Waals surface area contributed by atoms with Crippen molar-refractivity contribution >= 4 is 22.4 Å². The molecule has 0 spiro atoms. The Morgan fingerprint density at radius 2 is 2.11 bits per heavy atom. The van der Waals surface area contributed by atoms with Crippen LogP contribution in [0.3, 0.4) is 0 Å². The predicted octanol–water partition coefficient (Wildman–Crippen LogP) is 0.431. The van der Waals surface area contributed by atoms with E-state index in [1.165, 1.54) is 30.7 Å². The van der Waals surface area contributed by atoms with Crippen molar-refractivity contribution in [3.8, 4) is 0 Å². The van der Waals surface area contributed by atoms with E-state index >= 15 is 0 Å². The summed E-state index contributed by atoms with van der Waals surface area (Å²) in [4.78, 5) is 16.7. The summed E-state index contributed by atoms with van der Waals surface area (Å²) in [6.07, 6.45) is 3.48. The number of carbonyl (C=O) groups excluding carboxylic acids is 1. The highest BCUT2D eigenvalue weighted by Gasteiger charge is 2.31. The van der Waals surface area contributed by atoms with Gasteiger partial charge in [-0.3, -0.25) is 9.69 Å². The minimum atomic E-state index is -0.0158. The standard InChI is InChI=1S/C11H17N5OS/c12-11-14-13-9(18-11)10(17)16-6-2-5-15-4-1-3-8(15)7-16/h8H,1-7H2,(H2,12,14). The molecule has 7 heteroatoms. The van der Waals surface area contributed by atoms with Crippen molar-refractivity contribution in [1.82, 2.24) is 20.0 Å². The summed E-state index contributed by atoms with van der Waals surface area (Å²) >= 11 is 1.17. The molecule has 98 valence electrons. The van der Waals surface area contributed by atoms with Crippen LogP contribution >= 0.6 is 11.3 Å². The van der Waals surface area contributed by atoms with Crippen LogP contribution in [-0.2, 0) is 0 Å². The maximum Gasteiger partial charge on any atom is 0.284 e. The summed E-state index contributed by atoms with van der Waals surface area (Å²) < 4.78 is 0. The molecule has 1 atom stereocenters. The lowest BCUT2D eigenvalue weighted by Gasteiger charge is -2.24. The molecule has 18 heavy (non-hydrogen) atoms. The third-order valence-electron chi connectivity index (χ3n) is 3.71. The first-order chi connectivity index (χ1) is 8.74. The van der Waals surface area contributed by atoms with Gasteiger partial charge in [-0.25, -0.2) is 0 Å². The number of amides is 1. The number of nitrogens with zero attached hydrogens (tertiary/aromatic N) is 4. The molecule has 1 amide bonds. The number of nitrogens with two attached hydrogens (primary N) is 1. The van der Waals surface area contributed by atoms with E-state index in [0.29, 0.717) is 16.2 Å². The molecule has 0 saturated carbocycles. The first-order valence-electron chi connectivity index (χ1n) is 6.36. The van der Waals surface area contributed by atoms with Crippen molar-refractivity contribution < 1.29 is 4.79 Å². The van der Waals surface area contributed by atoms with Crippen LogP contribution in [0.25, 0.3) is 0 Å². The lowest BCUT2D eigenvalue weighted by atomic mass is 10.2. The van der Waals surface area contributed by atoms with Gasteiger partial charge in [-0.1, -0.05) is 11.3 Å². The molecule has 0 aliphatic carbocycles. The van der Waals surface area contributed by atoms with E-state index in [1.807, 2.05) is 4.90 Å². The summed E-state index contributed by atoms with van der Waals surface area (Å²) in [6, 6.07) is 0.529. The number of anilines is 1. The molecular weight excluding hydrogens is 250 g/mol. The van der Waals surface area contributed by atoms with Gasteiger partial charge in [-0.2, -0.15) is 0 Å². The van der Waals surface area contributed by atoms with Crippen LogP contribution in [0.15, 0.2) is 0 Å². The molecule has 1 aromatic rings. The van der Waals surface area contributed by atoms with Gasteiger partial charge in [0.05, 0.1) is 0 Å². The first-order valence-corrected chi connectivity index (χ1v) is 7.18. The molecule has 1 aromatic heterocycles. The highest BCUT2D eigenvalue weighted by atomic mass is 32.1. The van der Waals surface area contributed by atoms with Gasteiger partial charge in [-0.15, -0.1) is 10.2 Å². The Labute approximate surface area is 110 Å². The zero-order chi connectivity index (χ0) is 12.5. The molecule has 2 aliphatic heterocycles. The summed E-state index contributed by atoms with van der Waals surface area (Å²) in [5.74, 6) is -0.0158. The molecule has 2 saturated heterocycles. The summed E-state index contributed by atoms with van der Waals surface area (Å²) in [7, 11) is 0. The molecule has 0 bridgehead atoms. The van der Waals surface area contributed by atoms with Crippen molar-refractivity contribution in [1.29, 1.82) is 0 Å². The summed E-state index contributed by atoms with van der Waals surface area (Å²) in [5, 5.41) is 8.33. The Morgan fingerprint density at radius 3 is 2.89 bits per heavy atom. The average Bonchev–Trinajstić information content (AvgIpc) is 2.93. The second-order valence-corrected chi connectivity index (χ2v) is 5.89. The molecule has 2 fully saturated rings. The number of aromatic nitrogens is 2. The minimum Gasteiger partial charge on any atom is -0.374 e. The van der Waals surface area contributed by atoms with Crippen LogP contribution in [0.5, 0.6) is 0 Å². The average molecular weight is 267 g/mol. The van der Waals surface area contributed by atoms with E-state index in [-0.39, 0.29) is 5.91 Å². The number of hydrogen-bond acceptors (Lipinski definition) is 6. The minimum absolute atomic E-state index is 0.0158. The van der Waals surface area contributed by atoms with E-state index in [9.17, 15) is 4.79 Å². The van der Waals surface area contributed by atoms with Gasteiger partial charge < -0.3 is 10.6 Å². The molecule has 6 nitrogen and oxygen atoms in total. The van der Waals surface area contributed by atoms with Gasteiger partial charge >= 0.3 is 0 Å². The zero-order valence-corrected chi connectivity index (χ0v) is 11.0. The van der Waals surface area contributed by atoms with Crippen molar-refractivity contribution in [3.63, 3.8) is 0 Å². The molecular formula is C11H17N5OS. The third kappa shape index (κ3) is 2.20. The highest BCUT2D eigenvalue weighted by Crippen LogP contribution is 2.23. The monoisotopic (exact) mass is 267 g/mol. The van der Waals surface area contributed by atoms with Crippen LogP contribution in [-0.4, -0.2) is 58.1 Å². The fourth-order valence-electron chi connectivity index (χ4n) is 2.85. The molecule has 0 aromatic carbocycles. The van der Waals surface area contributed by atoms with Crippen LogP contribution in [0, 0.1) is 0 Å². The van der Waals surface area contributed by atoms with Crippen LogP contribution < -0.4 is 5.73 Å². The Hall–Kier alpha value is -1.21. The smallest absolute Gasteiger partial charge is 0.284 e. The topological polar surface area (TPSA) is 75.3 Å². The normalized spacial score (nSPS) is 24.9.